The van der Waals surface area contributed by atoms with E-state index in [1.807, 2.05) is 24.3 Å². The van der Waals surface area contributed by atoms with Crippen molar-refractivity contribution < 1.29 is 9.18 Å². The van der Waals surface area contributed by atoms with E-state index in [-0.39, 0.29) is 11.6 Å². The second-order valence-electron chi connectivity index (χ2n) is 6.29. The SMILES string of the molecule is Nc1ncc(-c2ccccc2F)cc1-c1ccc2c(c1)CCCC2=O. The molecule has 25 heavy (non-hydrogen) atoms. The molecule has 0 amide bonds. The first-order valence-electron chi connectivity index (χ1n) is 8.30. The molecule has 0 radical (unpaired) electrons. The summed E-state index contributed by atoms with van der Waals surface area (Å²) < 4.78 is 14.1. The highest BCUT2D eigenvalue weighted by Gasteiger charge is 2.18. The summed E-state index contributed by atoms with van der Waals surface area (Å²) in [5.41, 5.74) is 10.7. The number of ketones is 1. The largest absolute Gasteiger partial charge is 0.383 e. The Hall–Kier alpha value is -3.01. The molecule has 124 valence electrons. The molecule has 1 aromatic heterocycles. The number of nitrogens with two attached hydrogens (primary N) is 1. The summed E-state index contributed by atoms with van der Waals surface area (Å²) in [5.74, 6) is 0.289. The lowest BCUT2D eigenvalue weighted by Crippen LogP contribution is -2.10. The zero-order valence-corrected chi connectivity index (χ0v) is 13.6. The lowest BCUT2D eigenvalue weighted by molar-refractivity contribution is 0.0972. The predicted molar refractivity (Wildman–Crippen MR) is 96.7 cm³/mol. The van der Waals surface area contributed by atoms with Crippen LogP contribution < -0.4 is 5.73 Å². The van der Waals surface area contributed by atoms with Crippen molar-refractivity contribution in [2.45, 2.75) is 19.3 Å². The summed E-state index contributed by atoms with van der Waals surface area (Å²) in [7, 11) is 0. The number of benzene rings is 2. The molecule has 3 aromatic rings. The van der Waals surface area contributed by atoms with Crippen molar-refractivity contribution in [3.05, 3.63) is 71.7 Å². The molecule has 0 aliphatic heterocycles. The van der Waals surface area contributed by atoms with Crippen LogP contribution in [0.25, 0.3) is 22.3 Å². The summed E-state index contributed by atoms with van der Waals surface area (Å²) >= 11 is 0. The van der Waals surface area contributed by atoms with E-state index in [9.17, 15) is 9.18 Å². The van der Waals surface area contributed by atoms with Gasteiger partial charge in [-0.1, -0.05) is 36.4 Å². The normalized spacial score (nSPS) is 13.6. The number of carbonyl (C=O) groups is 1. The van der Waals surface area contributed by atoms with Gasteiger partial charge in [-0.3, -0.25) is 4.79 Å². The molecule has 1 heterocycles. The lowest BCUT2D eigenvalue weighted by Gasteiger charge is -2.16. The maximum atomic E-state index is 14.1. The number of nitrogen functional groups attached to an aromatic ring is 1. The van der Waals surface area contributed by atoms with E-state index in [0.29, 0.717) is 23.4 Å². The number of aromatic nitrogens is 1. The van der Waals surface area contributed by atoms with E-state index in [0.717, 1.165) is 35.1 Å². The smallest absolute Gasteiger partial charge is 0.163 e. The van der Waals surface area contributed by atoms with E-state index in [4.69, 9.17) is 5.73 Å². The average molecular weight is 332 g/mol. The maximum Gasteiger partial charge on any atom is 0.163 e. The lowest BCUT2D eigenvalue weighted by atomic mass is 9.88. The van der Waals surface area contributed by atoms with Crippen LogP contribution in [-0.2, 0) is 6.42 Å². The third kappa shape index (κ3) is 2.80. The first-order valence-corrected chi connectivity index (χ1v) is 8.30. The van der Waals surface area contributed by atoms with E-state index in [2.05, 4.69) is 4.98 Å². The van der Waals surface area contributed by atoms with Gasteiger partial charge in [-0.05, 0) is 36.1 Å². The molecule has 4 heteroatoms. The summed E-state index contributed by atoms with van der Waals surface area (Å²) in [6, 6.07) is 14.2. The van der Waals surface area contributed by atoms with E-state index < -0.39 is 0 Å². The molecule has 0 fully saturated rings. The molecular weight excluding hydrogens is 315 g/mol. The van der Waals surface area contributed by atoms with Gasteiger partial charge in [-0.25, -0.2) is 9.37 Å². The van der Waals surface area contributed by atoms with Crippen molar-refractivity contribution in [1.29, 1.82) is 0 Å². The van der Waals surface area contributed by atoms with Gasteiger partial charge in [0, 0.05) is 34.9 Å². The van der Waals surface area contributed by atoms with Crippen molar-refractivity contribution in [3.63, 3.8) is 0 Å². The Morgan fingerprint density at radius 2 is 1.76 bits per heavy atom. The van der Waals surface area contributed by atoms with Crippen molar-refractivity contribution in [1.82, 2.24) is 4.98 Å². The number of hydrogen-bond donors (Lipinski definition) is 1. The first-order chi connectivity index (χ1) is 12.1. The molecule has 0 unspecified atom stereocenters. The van der Waals surface area contributed by atoms with Gasteiger partial charge in [0.1, 0.15) is 11.6 Å². The Morgan fingerprint density at radius 1 is 0.920 bits per heavy atom. The van der Waals surface area contributed by atoms with Crippen LogP contribution in [0.4, 0.5) is 10.2 Å². The van der Waals surface area contributed by atoms with Gasteiger partial charge in [0.05, 0.1) is 0 Å². The number of halogens is 1. The van der Waals surface area contributed by atoms with Gasteiger partial charge in [-0.2, -0.15) is 0 Å². The molecule has 4 rings (SSSR count). The predicted octanol–water partition coefficient (Wildman–Crippen LogP) is 4.66. The molecule has 1 aliphatic carbocycles. The molecule has 0 saturated carbocycles. The number of carbonyl (C=O) groups excluding carboxylic acids is 1. The van der Waals surface area contributed by atoms with Crippen LogP contribution in [0, 0.1) is 5.82 Å². The highest BCUT2D eigenvalue weighted by atomic mass is 19.1. The zero-order chi connectivity index (χ0) is 17.4. The number of pyridine rings is 1. The fraction of sp³-hybridized carbons (Fsp3) is 0.143. The topological polar surface area (TPSA) is 56.0 Å². The van der Waals surface area contributed by atoms with Crippen LogP contribution >= 0.6 is 0 Å². The molecule has 0 bridgehead atoms. The molecule has 2 N–H and O–H groups in total. The Labute approximate surface area is 145 Å². The highest BCUT2D eigenvalue weighted by Crippen LogP contribution is 2.33. The van der Waals surface area contributed by atoms with Crippen LogP contribution in [-0.4, -0.2) is 10.8 Å². The number of anilines is 1. The maximum absolute atomic E-state index is 14.1. The van der Waals surface area contributed by atoms with Crippen molar-refractivity contribution >= 4 is 11.6 Å². The van der Waals surface area contributed by atoms with Crippen molar-refractivity contribution in [3.8, 4) is 22.3 Å². The van der Waals surface area contributed by atoms with Gasteiger partial charge in [0.15, 0.2) is 5.78 Å². The van der Waals surface area contributed by atoms with Gasteiger partial charge >= 0.3 is 0 Å². The highest BCUT2D eigenvalue weighted by molar-refractivity contribution is 5.99. The van der Waals surface area contributed by atoms with E-state index in [1.54, 1.807) is 24.4 Å². The summed E-state index contributed by atoms with van der Waals surface area (Å²) in [5, 5.41) is 0. The minimum absolute atomic E-state index is 0.194. The van der Waals surface area contributed by atoms with Crippen LogP contribution in [0.2, 0.25) is 0 Å². The quantitative estimate of drug-likeness (QED) is 0.743. The van der Waals surface area contributed by atoms with Gasteiger partial charge in [0.25, 0.3) is 0 Å². The van der Waals surface area contributed by atoms with Crippen molar-refractivity contribution in [2.24, 2.45) is 0 Å². The van der Waals surface area contributed by atoms with Crippen molar-refractivity contribution in [2.75, 3.05) is 5.73 Å². The Kier molecular flexibility index (Phi) is 3.80. The number of Topliss-reactive ketones (excluding diaryl/α,β-unsaturated/α-hetero) is 1. The number of fused-ring (bicyclic) bond motifs is 1. The first kappa shape index (κ1) is 15.5. The van der Waals surface area contributed by atoms with Gasteiger partial charge in [0.2, 0.25) is 0 Å². The summed E-state index contributed by atoms with van der Waals surface area (Å²) in [4.78, 5) is 16.2. The third-order valence-electron chi connectivity index (χ3n) is 4.67. The van der Waals surface area contributed by atoms with E-state index in [1.165, 1.54) is 6.07 Å². The molecule has 3 nitrogen and oxygen atoms in total. The number of nitrogens with zero attached hydrogens (tertiary/aromatic N) is 1. The van der Waals surface area contributed by atoms with E-state index >= 15 is 0 Å². The fourth-order valence-corrected chi connectivity index (χ4v) is 3.36. The standard InChI is InChI=1S/C21H17FN2O/c22-19-6-2-1-5-16(19)15-11-18(21(23)24-12-15)14-8-9-17-13(10-14)4-3-7-20(17)25/h1-2,5-6,8-12H,3-4,7H2,(H2,23,24). The third-order valence-corrected chi connectivity index (χ3v) is 4.67. The number of rotatable bonds is 2. The second kappa shape index (κ2) is 6.13. The zero-order valence-electron chi connectivity index (χ0n) is 13.6. The minimum Gasteiger partial charge on any atom is -0.383 e. The molecule has 1 aliphatic rings. The second-order valence-corrected chi connectivity index (χ2v) is 6.29. The van der Waals surface area contributed by atoms with Crippen LogP contribution in [0.15, 0.2) is 54.7 Å². The summed E-state index contributed by atoms with van der Waals surface area (Å²) in [6.45, 7) is 0. The monoisotopic (exact) mass is 332 g/mol. The Balaban J connectivity index is 1.82. The van der Waals surface area contributed by atoms with Crippen LogP contribution in [0.1, 0.15) is 28.8 Å². The molecule has 2 aromatic carbocycles. The molecule has 0 atom stereocenters. The van der Waals surface area contributed by atoms with Crippen LogP contribution in [0.3, 0.4) is 0 Å². The molecular formula is C21H17FN2O. The fourth-order valence-electron chi connectivity index (χ4n) is 3.36. The molecule has 0 saturated heterocycles. The number of aryl methyl sites for hydroxylation is 1. The Bertz CT molecular complexity index is 981. The Morgan fingerprint density at radius 3 is 2.60 bits per heavy atom. The average Bonchev–Trinajstić information content (AvgIpc) is 2.63. The molecule has 0 spiro atoms. The van der Waals surface area contributed by atoms with Crippen LogP contribution in [0.5, 0.6) is 0 Å². The van der Waals surface area contributed by atoms with Gasteiger partial charge in [-0.15, -0.1) is 0 Å². The van der Waals surface area contributed by atoms with Gasteiger partial charge < -0.3 is 5.73 Å². The number of hydrogen-bond acceptors (Lipinski definition) is 3. The summed E-state index contributed by atoms with van der Waals surface area (Å²) in [6.07, 6.45) is 3.95. The minimum atomic E-state index is -0.295.